The Morgan fingerprint density at radius 1 is 1.36 bits per heavy atom. The molecule has 0 aromatic rings. The van der Waals surface area contributed by atoms with Crippen molar-refractivity contribution < 1.29 is 0 Å². The highest BCUT2D eigenvalue weighted by Crippen LogP contribution is 1.99. The first-order chi connectivity index (χ1) is 6.30. The standard InChI is InChI=1S/2C5H10N2/c1-4(2)5(7)3-6;1-3-5(2,7)4-6/h4-5H,7H2,1-2H3;3,7H2,1-2H3. The van der Waals surface area contributed by atoms with Gasteiger partial charge in [0.1, 0.15) is 5.54 Å². The zero-order valence-electron chi connectivity index (χ0n) is 9.41. The number of hydrogen-bond donors (Lipinski definition) is 2. The van der Waals surface area contributed by atoms with Gasteiger partial charge in [-0.3, -0.25) is 0 Å². The van der Waals surface area contributed by atoms with Gasteiger partial charge in [0.25, 0.3) is 0 Å². The first kappa shape index (κ1) is 15.4. The summed E-state index contributed by atoms with van der Waals surface area (Å²) in [6, 6.07) is 3.62. The van der Waals surface area contributed by atoms with Gasteiger partial charge in [-0.25, -0.2) is 0 Å². The summed E-state index contributed by atoms with van der Waals surface area (Å²) >= 11 is 0. The summed E-state index contributed by atoms with van der Waals surface area (Å²) in [5.74, 6) is 0.282. The fraction of sp³-hybridized carbons (Fsp3) is 0.800. The van der Waals surface area contributed by atoms with E-state index in [1.54, 1.807) is 6.92 Å². The Morgan fingerprint density at radius 2 is 1.79 bits per heavy atom. The molecule has 4 N–H and O–H groups in total. The molecule has 0 saturated carbocycles. The van der Waals surface area contributed by atoms with Crippen LogP contribution in [0.25, 0.3) is 0 Å². The van der Waals surface area contributed by atoms with E-state index in [1.807, 2.05) is 32.9 Å². The number of rotatable bonds is 2. The largest absolute Gasteiger partial charge is 0.316 e. The lowest BCUT2D eigenvalue weighted by molar-refractivity contribution is 0.578. The van der Waals surface area contributed by atoms with E-state index in [1.165, 1.54) is 0 Å². The highest BCUT2D eigenvalue weighted by atomic mass is 14.7. The van der Waals surface area contributed by atoms with Crippen LogP contribution in [0.4, 0.5) is 0 Å². The van der Waals surface area contributed by atoms with Gasteiger partial charge in [0, 0.05) is 0 Å². The van der Waals surface area contributed by atoms with Crippen LogP contribution in [0.2, 0.25) is 0 Å². The number of nitriles is 2. The summed E-state index contributed by atoms with van der Waals surface area (Å²) in [6.45, 7) is 7.46. The second-order valence-corrected chi connectivity index (χ2v) is 3.78. The zero-order chi connectivity index (χ0) is 11.8. The van der Waals surface area contributed by atoms with Gasteiger partial charge < -0.3 is 11.5 Å². The second-order valence-electron chi connectivity index (χ2n) is 3.78. The van der Waals surface area contributed by atoms with Gasteiger partial charge in [0.15, 0.2) is 0 Å². The van der Waals surface area contributed by atoms with Crippen LogP contribution in [0.5, 0.6) is 0 Å². The van der Waals surface area contributed by atoms with Crippen molar-refractivity contribution in [2.45, 2.75) is 45.7 Å². The Bertz CT molecular complexity index is 219. The Hall–Kier alpha value is -1.10. The van der Waals surface area contributed by atoms with Gasteiger partial charge in [-0.1, -0.05) is 20.8 Å². The lowest BCUT2D eigenvalue weighted by Crippen LogP contribution is -2.32. The van der Waals surface area contributed by atoms with Crippen LogP contribution in [0.1, 0.15) is 34.1 Å². The van der Waals surface area contributed by atoms with Crippen LogP contribution in [-0.4, -0.2) is 11.6 Å². The third-order valence-corrected chi connectivity index (χ3v) is 1.86. The van der Waals surface area contributed by atoms with Crippen molar-refractivity contribution >= 4 is 0 Å². The molecule has 4 nitrogen and oxygen atoms in total. The molecular formula is C10H20N4. The zero-order valence-corrected chi connectivity index (χ0v) is 9.41. The quantitative estimate of drug-likeness (QED) is 0.691. The number of hydrogen-bond acceptors (Lipinski definition) is 4. The highest BCUT2D eigenvalue weighted by Gasteiger charge is 2.11. The van der Waals surface area contributed by atoms with Gasteiger partial charge in [-0.15, -0.1) is 0 Å². The van der Waals surface area contributed by atoms with Crippen molar-refractivity contribution in [2.75, 3.05) is 0 Å². The summed E-state index contributed by atoms with van der Waals surface area (Å²) in [5, 5.41) is 16.3. The van der Waals surface area contributed by atoms with Crippen LogP contribution >= 0.6 is 0 Å². The van der Waals surface area contributed by atoms with Crippen LogP contribution in [0, 0.1) is 28.6 Å². The molecule has 0 amide bonds. The van der Waals surface area contributed by atoms with E-state index in [9.17, 15) is 0 Å². The first-order valence-corrected chi connectivity index (χ1v) is 4.66. The van der Waals surface area contributed by atoms with Gasteiger partial charge in [0.05, 0.1) is 18.2 Å². The lowest BCUT2D eigenvalue weighted by atomic mass is 10.0. The predicted octanol–water partition coefficient (Wildman–Crippen LogP) is 1.13. The van der Waals surface area contributed by atoms with Gasteiger partial charge in [-0.2, -0.15) is 10.5 Å². The molecule has 0 fully saturated rings. The second kappa shape index (κ2) is 7.32. The summed E-state index contributed by atoms with van der Waals surface area (Å²) < 4.78 is 0. The van der Waals surface area contributed by atoms with E-state index >= 15 is 0 Å². The summed E-state index contributed by atoms with van der Waals surface area (Å²) in [4.78, 5) is 0. The van der Waals surface area contributed by atoms with Crippen LogP contribution in [-0.2, 0) is 0 Å². The molecule has 0 aliphatic carbocycles. The molecule has 14 heavy (non-hydrogen) atoms. The maximum atomic E-state index is 8.22. The minimum atomic E-state index is -0.611. The first-order valence-electron chi connectivity index (χ1n) is 4.66. The van der Waals surface area contributed by atoms with E-state index in [-0.39, 0.29) is 12.0 Å². The maximum Gasteiger partial charge on any atom is 0.101 e. The van der Waals surface area contributed by atoms with Crippen LogP contribution in [0.15, 0.2) is 0 Å². The van der Waals surface area contributed by atoms with Crippen molar-refractivity contribution in [3.05, 3.63) is 0 Å². The summed E-state index contributed by atoms with van der Waals surface area (Å²) in [7, 11) is 0. The molecule has 0 heterocycles. The molecule has 0 rings (SSSR count). The Balaban J connectivity index is 0. The van der Waals surface area contributed by atoms with Gasteiger partial charge in [0.2, 0.25) is 0 Å². The molecule has 0 radical (unpaired) electrons. The van der Waals surface area contributed by atoms with E-state index in [0.717, 1.165) is 0 Å². The number of nitrogens with two attached hydrogens (primary N) is 2. The molecule has 0 aromatic heterocycles. The predicted molar refractivity (Wildman–Crippen MR) is 56.9 cm³/mol. The molecule has 2 unspecified atom stereocenters. The maximum absolute atomic E-state index is 8.22. The molecular weight excluding hydrogens is 176 g/mol. The van der Waals surface area contributed by atoms with Gasteiger partial charge in [-0.05, 0) is 19.3 Å². The SMILES string of the molecule is CC(C)C(N)C#N.CCC(C)(N)C#N. The minimum Gasteiger partial charge on any atom is -0.316 e. The van der Waals surface area contributed by atoms with Gasteiger partial charge >= 0.3 is 0 Å². The third kappa shape index (κ3) is 8.99. The normalized spacial score (nSPS) is 15.5. The van der Waals surface area contributed by atoms with Crippen molar-refractivity contribution in [1.29, 1.82) is 10.5 Å². The third-order valence-electron chi connectivity index (χ3n) is 1.86. The molecule has 2 atom stereocenters. The lowest BCUT2D eigenvalue weighted by Gasteiger charge is -2.09. The van der Waals surface area contributed by atoms with E-state index < -0.39 is 5.54 Å². The highest BCUT2D eigenvalue weighted by molar-refractivity contribution is 4.99. The van der Waals surface area contributed by atoms with Crippen molar-refractivity contribution in [1.82, 2.24) is 0 Å². The molecule has 80 valence electrons. The van der Waals surface area contributed by atoms with E-state index in [2.05, 4.69) is 0 Å². The average Bonchev–Trinajstić information content (AvgIpc) is 2.17. The summed E-state index contributed by atoms with van der Waals surface area (Å²) in [5.41, 5.74) is 10.00. The monoisotopic (exact) mass is 196 g/mol. The Kier molecular flexibility index (Phi) is 8.04. The number of nitrogens with zero attached hydrogens (tertiary/aromatic N) is 2. The molecule has 0 aromatic carbocycles. The minimum absolute atomic E-state index is 0.282. The molecule has 0 bridgehead atoms. The van der Waals surface area contributed by atoms with E-state index in [4.69, 9.17) is 22.0 Å². The fourth-order valence-corrected chi connectivity index (χ4v) is 0.228. The summed E-state index contributed by atoms with van der Waals surface area (Å²) in [6.07, 6.45) is 0.712. The molecule has 4 heteroatoms. The molecule has 0 aliphatic rings. The Morgan fingerprint density at radius 3 is 1.79 bits per heavy atom. The van der Waals surface area contributed by atoms with Crippen LogP contribution in [0.3, 0.4) is 0 Å². The average molecular weight is 196 g/mol. The molecule has 0 saturated heterocycles. The van der Waals surface area contributed by atoms with Crippen molar-refractivity contribution in [2.24, 2.45) is 17.4 Å². The molecule has 0 spiro atoms. The van der Waals surface area contributed by atoms with Crippen molar-refractivity contribution in [3.8, 4) is 12.1 Å². The smallest absolute Gasteiger partial charge is 0.101 e. The van der Waals surface area contributed by atoms with Crippen molar-refractivity contribution in [3.63, 3.8) is 0 Å². The Labute approximate surface area is 86.5 Å². The van der Waals surface area contributed by atoms with Crippen LogP contribution < -0.4 is 11.5 Å². The fourth-order valence-electron chi connectivity index (χ4n) is 0.228. The topological polar surface area (TPSA) is 99.6 Å². The van der Waals surface area contributed by atoms with E-state index in [0.29, 0.717) is 6.42 Å². The molecule has 0 aliphatic heterocycles.